The molecule has 10 heteroatoms. The van der Waals surface area contributed by atoms with Crippen LogP contribution >= 0.6 is 11.3 Å². The third-order valence-corrected chi connectivity index (χ3v) is 7.58. The zero-order chi connectivity index (χ0) is 25.5. The normalized spacial score (nSPS) is 16.2. The second-order valence-electron chi connectivity index (χ2n) is 9.11. The summed E-state index contributed by atoms with van der Waals surface area (Å²) in [7, 11) is 0. The van der Waals surface area contributed by atoms with Crippen LogP contribution in [0.15, 0.2) is 60.1 Å². The Morgan fingerprint density at radius 2 is 1.97 bits per heavy atom. The van der Waals surface area contributed by atoms with Crippen LogP contribution in [-0.2, 0) is 11.3 Å². The maximum Gasteiger partial charge on any atom is 0.256 e. The van der Waals surface area contributed by atoms with Crippen molar-refractivity contribution in [3.63, 3.8) is 0 Å². The van der Waals surface area contributed by atoms with Gasteiger partial charge < -0.3 is 20.2 Å². The summed E-state index contributed by atoms with van der Waals surface area (Å²) < 4.78 is 14.2. The monoisotopic (exact) mass is 517 g/mol. The van der Waals surface area contributed by atoms with E-state index < -0.39 is 17.8 Å². The number of phenolic OH excluding ortho intramolecular Hbond substituents is 1. The van der Waals surface area contributed by atoms with Gasteiger partial charge in [-0.15, -0.1) is 11.3 Å². The molecule has 37 heavy (non-hydrogen) atoms. The van der Waals surface area contributed by atoms with E-state index in [1.54, 1.807) is 11.6 Å². The molecule has 3 aromatic carbocycles. The Morgan fingerprint density at radius 1 is 1.14 bits per heavy atom. The number of benzene rings is 3. The van der Waals surface area contributed by atoms with E-state index in [0.29, 0.717) is 10.7 Å². The lowest BCUT2D eigenvalue weighted by molar-refractivity contribution is -0.120. The molecule has 1 atom stereocenters. The molecule has 0 bridgehead atoms. The van der Waals surface area contributed by atoms with E-state index in [4.69, 9.17) is 0 Å². The number of amides is 2. The summed E-state index contributed by atoms with van der Waals surface area (Å²) in [4.78, 5) is 35.1. The van der Waals surface area contributed by atoms with E-state index in [1.807, 2.05) is 24.3 Å². The molecular weight excluding hydrogens is 493 g/mol. The number of aromatic nitrogens is 1. The minimum absolute atomic E-state index is 0.0144. The molecule has 1 saturated heterocycles. The highest BCUT2D eigenvalue weighted by Crippen LogP contribution is 2.39. The second kappa shape index (κ2) is 9.45. The molecular formula is C27H24FN5O3S. The number of anilines is 2. The van der Waals surface area contributed by atoms with E-state index in [0.717, 1.165) is 60.3 Å². The summed E-state index contributed by atoms with van der Waals surface area (Å²) >= 11 is 1.23. The van der Waals surface area contributed by atoms with Gasteiger partial charge in [-0.2, -0.15) is 0 Å². The molecule has 4 aromatic rings. The van der Waals surface area contributed by atoms with Crippen LogP contribution in [0.2, 0.25) is 0 Å². The summed E-state index contributed by atoms with van der Waals surface area (Å²) in [5.74, 6) is -1.81. The Morgan fingerprint density at radius 3 is 2.76 bits per heavy atom. The molecule has 1 fully saturated rings. The molecule has 3 heterocycles. The lowest BCUT2D eigenvalue weighted by Gasteiger charge is -2.29. The van der Waals surface area contributed by atoms with Gasteiger partial charge in [0.05, 0.1) is 5.56 Å². The molecule has 0 spiro atoms. The fourth-order valence-corrected chi connectivity index (χ4v) is 5.66. The van der Waals surface area contributed by atoms with E-state index in [9.17, 15) is 19.1 Å². The van der Waals surface area contributed by atoms with Crippen molar-refractivity contribution in [2.24, 2.45) is 0 Å². The highest BCUT2D eigenvalue weighted by molar-refractivity contribution is 7.13. The molecule has 2 amide bonds. The number of phenols is 1. The molecule has 6 rings (SSSR count). The van der Waals surface area contributed by atoms with Crippen LogP contribution in [0, 0.1) is 5.82 Å². The lowest BCUT2D eigenvalue weighted by Crippen LogP contribution is -2.43. The number of piperazine rings is 1. The highest BCUT2D eigenvalue weighted by Gasteiger charge is 2.40. The molecule has 2 aliphatic rings. The largest absolute Gasteiger partial charge is 0.508 e. The smallest absolute Gasteiger partial charge is 0.256 e. The molecule has 0 saturated carbocycles. The Labute approximate surface area is 216 Å². The number of carbonyl (C=O) groups is 2. The number of carbonyl (C=O) groups excluding carboxylic acids is 2. The molecule has 0 aliphatic carbocycles. The Bertz CT molecular complexity index is 1500. The maximum absolute atomic E-state index is 14.2. The zero-order valence-electron chi connectivity index (χ0n) is 19.8. The van der Waals surface area contributed by atoms with Gasteiger partial charge in [0.2, 0.25) is 0 Å². The number of hydrogen-bond donors (Lipinski definition) is 3. The number of aromatic hydroxyl groups is 1. The quantitative estimate of drug-likeness (QED) is 0.372. The molecule has 1 unspecified atom stereocenters. The van der Waals surface area contributed by atoms with Crippen LogP contribution in [0.4, 0.5) is 15.2 Å². The standard InChI is InChI=1S/C27H24FN5O3S/c28-18-3-6-22(34)21(14-18)24(25(35)31-27-30-9-12-37-27)33-15-17-2-1-16-13-19(32-10-7-29-8-11-32)4-5-20(16)23(17)26(33)36/h1-6,9,12-14,24,29,34H,7-8,10-11,15H2,(H,30,31,35). The van der Waals surface area contributed by atoms with Gasteiger partial charge in [0.1, 0.15) is 17.6 Å². The van der Waals surface area contributed by atoms with Crippen LogP contribution in [0.1, 0.15) is 27.5 Å². The Kier molecular flexibility index (Phi) is 5.97. The van der Waals surface area contributed by atoms with Crippen LogP contribution in [-0.4, -0.2) is 53.0 Å². The number of nitrogens with zero attached hydrogens (tertiary/aromatic N) is 3. The second-order valence-corrected chi connectivity index (χ2v) is 10.0. The number of halogens is 1. The van der Waals surface area contributed by atoms with Gasteiger partial charge in [-0.3, -0.25) is 14.9 Å². The average Bonchev–Trinajstić information content (AvgIpc) is 3.54. The third-order valence-electron chi connectivity index (χ3n) is 6.89. The molecule has 8 nitrogen and oxygen atoms in total. The minimum Gasteiger partial charge on any atom is -0.508 e. The van der Waals surface area contributed by atoms with Crippen molar-refractivity contribution in [3.05, 3.63) is 82.6 Å². The summed E-state index contributed by atoms with van der Waals surface area (Å²) in [5.41, 5.74) is 2.41. The van der Waals surface area contributed by atoms with Crippen LogP contribution in [0.3, 0.4) is 0 Å². The van der Waals surface area contributed by atoms with Crippen molar-refractivity contribution in [2.75, 3.05) is 36.4 Å². The van der Waals surface area contributed by atoms with E-state index >= 15 is 0 Å². The molecule has 0 radical (unpaired) electrons. The van der Waals surface area contributed by atoms with Crippen molar-refractivity contribution in [1.29, 1.82) is 0 Å². The zero-order valence-corrected chi connectivity index (χ0v) is 20.6. The van der Waals surface area contributed by atoms with Gasteiger partial charge in [-0.05, 0) is 46.7 Å². The summed E-state index contributed by atoms with van der Waals surface area (Å²) in [5, 5.41) is 20.4. The van der Waals surface area contributed by atoms with Gasteiger partial charge in [-0.1, -0.05) is 18.2 Å². The first-order chi connectivity index (χ1) is 18.0. The Hall–Kier alpha value is -4.02. The van der Waals surface area contributed by atoms with Gasteiger partial charge in [-0.25, -0.2) is 9.37 Å². The molecule has 3 N–H and O–H groups in total. The van der Waals surface area contributed by atoms with E-state index in [2.05, 4.69) is 26.6 Å². The predicted octanol–water partition coefficient (Wildman–Crippen LogP) is 3.89. The van der Waals surface area contributed by atoms with Gasteiger partial charge in [0, 0.05) is 55.6 Å². The SMILES string of the molecule is O=C(Nc1nccs1)C(c1cc(F)ccc1O)N1Cc2ccc3cc(N4CCNCC4)ccc3c2C1=O. The van der Waals surface area contributed by atoms with Crippen molar-refractivity contribution in [2.45, 2.75) is 12.6 Å². The first kappa shape index (κ1) is 23.4. The van der Waals surface area contributed by atoms with Gasteiger partial charge >= 0.3 is 0 Å². The summed E-state index contributed by atoms with van der Waals surface area (Å²) in [6, 6.07) is 12.1. The highest BCUT2D eigenvalue weighted by atomic mass is 32.1. The first-order valence-corrected chi connectivity index (χ1v) is 12.9. The Balaban J connectivity index is 1.39. The minimum atomic E-state index is -1.25. The van der Waals surface area contributed by atoms with Gasteiger partial charge in [0.15, 0.2) is 5.13 Å². The van der Waals surface area contributed by atoms with Crippen molar-refractivity contribution in [3.8, 4) is 5.75 Å². The topological polar surface area (TPSA) is 97.8 Å². The summed E-state index contributed by atoms with van der Waals surface area (Å²) in [6.07, 6.45) is 1.55. The lowest BCUT2D eigenvalue weighted by atomic mass is 9.99. The van der Waals surface area contributed by atoms with E-state index in [-0.39, 0.29) is 23.8 Å². The maximum atomic E-state index is 14.2. The van der Waals surface area contributed by atoms with Crippen LogP contribution in [0.25, 0.3) is 10.8 Å². The van der Waals surface area contributed by atoms with E-state index in [1.165, 1.54) is 22.3 Å². The summed E-state index contributed by atoms with van der Waals surface area (Å²) in [6.45, 7) is 3.82. The third kappa shape index (κ3) is 4.28. The van der Waals surface area contributed by atoms with Crippen molar-refractivity contribution in [1.82, 2.24) is 15.2 Å². The number of fused-ring (bicyclic) bond motifs is 3. The molecule has 2 aliphatic heterocycles. The fraction of sp³-hybridized carbons (Fsp3) is 0.222. The predicted molar refractivity (Wildman–Crippen MR) is 140 cm³/mol. The van der Waals surface area contributed by atoms with Crippen molar-refractivity contribution < 1.29 is 19.1 Å². The van der Waals surface area contributed by atoms with Crippen LogP contribution < -0.4 is 15.5 Å². The number of thiazole rings is 1. The van der Waals surface area contributed by atoms with Crippen LogP contribution in [0.5, 0.6) is 5.75 Å². The fourth-order valence-electron chi connectivity index (χ4n) is 5.13. The molecule has 188 valence electrons. The van der Waals surface area contributed by atoms with Gasteiger partial charge in [0.25, 0.3) is 11.8 Å². The number of hydrogen-bond acceptors (Lipinski definition) is 7. The molecule has 1 aromatic heterocycles. The number of rotatable bonds is 5. The van der Waals surface area contributed by atoms with Crippen molar-refractivity contribution >= 4 is 44.7 Å². The average molecular weight is 518 g/mol. The first-order valence-electron chi connectivity index (χ1n) is 12.0. The number of nitrogens with one attached hydrogen (secondary N) is 2.